The number of nitrogens with one attached hydrogen (secondary N) is 2. The summed E-state index contributed by atoms with van der Waals surface area (Å²) in [6.07, 6.45) is 1.80. The Morgan fingerprint density at radius 1 is 0.804 bits per heavy atom. The van der Waals surface area contributed by atoms with E-state index in [4.69, 9.17) is 0 Å². The van der Waals surface area contributed by atoms with E-state index >= 15 is 0 Å². The topological polar surface area (TPSA) is 172 Å². The lowest BCUT2D eigenvalue weighted by Gasteiger charge is -2.29. The number of amides is 1. The van der Waals surface area contributed by atoms with Gasteiger partial charge in [-0.05, 0) is 85.0 Å². The van der Waals surface area contributed by atoms with Crippen LogP contribution in [0.4, 0.5) is 0 Å². The van der Waals surface area contributed by atoms with Gasteiger partial charge in [0.15, 0.2) is 0 Å². The number of aliphatic imine (C=N–C) groups is 1. The Bertz CT molecular complexity index is 2210. The van der Waals surface area contributed by atoms with Gasteiger partial charge in [0.05, 0.1) is 17.9 Å². The van der Waals surface area contributed by atoms with E-state index in [0.717, 1.165) is 50.1 Å². The highest BCUT2D eigenvalue weighted by atomic mass is 31.2. The number of hydrogen-bond donors (Lipinski definition) is 7. The van der Waals surface area contributed by atoms with Crippen LogP contribution in [0.2, 0.25) is 0 Å². The highest BCUT2D eigenvalue weighted by Crippen LogP contribution is 2.44. The highest BCUT2D eigenvalue weighted by molar-refractivity contribution is 7.65. The molecule has 0 saturated heterocycles. The molecule has 0 aliphatic carbocycles. The number of carbonyl (C=O) groups excluding carboxylic acids is 1. The predicted octanol–water partition coefficient (Wildman–Crippen LogP) is 6.96. The van der Waals surface area contributed by atoms with Gasteiger partial charge < -0.3 is 24.9 Å². The largest absolute Gasteiger partial charge is 0.529 e. The van der Waals surface area contributed by atoms with E-state index in [-0.39, 0.29) is 17.9 Å². The van der Waals surface area contributed by atoms with Crippen LogP contribution in [0.15, 0.2) is 126 Å². The standard InChI is InChI=1S/C38H32N3O7P3/c42-34-20-30-18-28(13-15-33(30)38(40-34)51(47)48)27-12-14-32-31(19-27)21-35(49(43)44)41-36(32)29-11-5-10-26(17-29)25-9-4-6-23(16-25)22-39-37(50(45)46)24-7-2-1-3-8-24/h1-19,21,36-37,39,41,43-44,47-48H,20,22H2/p+1. The number of nitrogens with zero attached hydrogens (tertiary/aromatic N) is 1. The van der Waals surface area contributed by atoms with Crippen molar-refractivity contribution < 1.29 is 33.8 Å². The lowest BCUT2D eigenvalue weighted by molar-refractivity contribution is -0.117. The fourth-order valence-electron chi connectivity index (χ4n) is 6.54. The molecule has 3 atom stereocenters. The minimum Gasteiger partial charge on any atom is -0.370 e. The fraction of sp³-hybridized carbons (Fsp3) is 0.105. The van der Waals surface area contributed by atoms with E-state index in [1.54, 1.807) is 12.1 Å². The molecule has 13 heteroatoms. The zero-order valence-electron chi connectivity index (χ0n) is 27.0. The SMILES string of the molecule is O=C1Cc2cc(-c3ccc4c(c3)C=C(P(O)O)NC4c3cccc(-c4cccc(CNC(c5ccccc5)[P+](=O)O)c4)c3)ccc2C(P(O)O)=N1. The van der Waals surface area contributed by atoms with Crippen LogP contribution in [0, 0.1) is 0 Å². The van der Waals surface area contributed by atoms with E-state index < -0.39 is 36.5 Å². The smallest absolute Gasteiger partial charge is 0.370 e. The van der Waals surface area contributed by atoms with Gasteiger partial charge in [-0.15, -0.1) is 0 Å². The van der Waals surface area contributed by atoms with Crippen LogP contribution < -0.4 is 10.6 Å². The molecule has 256 valence electrons. The third-order valence-corrected chi connectivity index (χ3v) is 11.3. The first-order chi connectivity index (χ1) is 24.6. The molecule has 3 unspecified atom stereocenters. The lowest BCUT2D eigenvalue weighted by Crippen LogP contribution is -2.25. The number of hydrogen-bond acceptors (Lipinski definition) is 8. The summed E-state index contributed by atoms with van der Waals surface area (Å²) >= 11 is 0. The van der Waals surface area contributed by atoms with Crippen LogP contribution >= 0.6 is 24.8 Å². The first-order valence-corrected chi connectivity index (χ1v) is 19.8. The van der Waals surface area contributed by atoms with E-state index in [1.165, 1.54) is 0 Å². The summed E-state index contributed by atoms with van der Waals surface area (Å²) in [5, 5.41) is 6.55. The molecule has 5 aromatic rings. The van der Waals surface area contributed by atoms with E-state index in [2.05, 4.69) is 21.7 Å². The summed E-state index contributed by atoms with van der Waals surface area (Å²) in [6, 6.07) is 36.2. The molecular weight excluding hydrogens is 703 g/mol. The second kappa shape index (κ2) is 15.1. The van der Waals surface area contributed by atoms with Crippen molar-refractivity contribution in [2.24, 2.45) is 4.99 Å². The van der Waals surface area contributed by atoms with Gasteiger partial charge in [-0.25, -0.2) is 4.99 Å². The van der Waals surface area contributed by atoms with Gasteiger partial charge in [0.2, 0.25) is 16.8 Å². The first-order valence-electron chi connectivity index (χ1n) is 16.0. The Morgan fingerprint density at radius 3 is 2.25 bits per heavy atom. The molecular formula is C38H33N3O7P3+. The summed E-state index contributed by atoms with van der Waals surface area (Å²) in [5.41, 5.74) is 9.45. The number of rotatable bonds is 10. The van der Waals surface area contributed by atoms with Gasteiger partial charge in [-0.3, -0.25) is 10.1 Å². The fourth-order valence-corrected chi connectivity index (χ4v) is 8.35. The van der Waals surface area contributed by atoms with Crippen LogP contribution in [0.1, 0.15) is 50.8 Å². The van der Waals surface area contributed by atoms with Crippen LogP contribution in [0.25, 0.3) is 28.3 Å². The van der Waals surface area contributed by atoms with Gasteiger partial charge in [0.25, 0.3) is 11.7 Å². The number of benzene rings is 5. The van der Waals surface area contributed by atoms with Gasteiger partial charge in [-0.2, -0.15) is 4.89 Å². The molecule has 0 radical (unpaired) electrons. The van der Waals surface area contributed by atoms with Crippen LogP contribution in [0.5, 0.6) is 0 Å². The average molecular weight is 737 g/mol. The first kappa shape index (κ1) is 35.1. The monoisotopic (exact) mass is 736 g/mol. The molecule has 5 aromatic carbocycles. The third kappa shape index (κ3) is 7.67. The molecule has 0 bridgehead atoms. The molecule has 7 rings (SSSR count). The lowest BCUT2D eigenvalue weighted by atomic mass is 9.88. The predicted molar refractivity (Wildman–Crippen MR) is 201 cm³/mol. The van der Waals surface area contributed by atoms with E-state index in [1.807, 2.05) is 103 Å². The molecule has 0 fully saturated rings. The van der Waals surface area contributed by atoms with Crippen molar-refractivity contribution in [1.82, 2.24) is 10.6 Å². The van der Waals surface area contributed by atoms with Crippen molar-refractivity contribution in [3.8, 4) is 22.3 Å². The van der Waals surface area contributed by atoms with Crippen molar-refractivity contribution in [3.05, 3.63) is 160 Å². The van der Waals surface area contributed by atoms with Crippen molar-refractivity contribution in [3.63, 3.8) is 0 Å². The van der Waals surface area contributed by atoms with Crippen LogP contribution in [-0.4, -0.2) is 35.8 Å². The highest BCUT2D eigenvalue weighted by Gasteiger charge is 2.31. The average Bonchev–Trinajstić information content (AvgIpc) is 3.14. The summed E-state index contributed by atoms with van der Waals surface area (Å²) in [5.74, 6) is -1.13. The Labute approximate surface area is 297 Å². The molecule has 0 aromatic heterocycles. The van der Waals surface area contributed by atoms with Crippen LogP contribution in [0.3, 0.4) is 0 Å². The summed E-state index contributed by atoms with van der Waals surface area (Å²) in [4.78, 5) is 66.3. The minimum atomic E-state index is -2.53. The van der Waals surface area contributed by atoms with Gasteiger partial charge in [0.1, 0.15) is 5.45 Å². The molecule has 0 saturated carbocycles. The Hall–Kier alpha value is -4.30. The Kier molecular flexibility index (Phi) is 10.4. The van der Waals surface area contributed by atoms with Gasteiger partial charge in [-0.1, -0.05) is 91.0 Å². The number of fused-ring (bicyclic) bond motifs is 2. The van der Waals surface area contributed by atoms with E-state index in [9.17, 15) is 33.8 Å². The summed E-state index contributed by atoms with van der Waals surface area (Å²) in [7, 11) is -7.45. The van der Waals surface area contributed by atoms with Crippen molar-refractivity contribution in [2.75, 3.05) is 0 Å². The zero-order chi connectivity index (χ0) is 35.6. The molecule has 2 aliphatic rings. The minimum absolute atomic E-state index is 0.00362. The molecule has 1 amide bonds. The molecule has 0 spiro atoms. The third-order valence-electron chi connectivity index (χ3n) is 8.95. The van der Waals surface area contributed by atoms with Crippen molar-refractivity contribution >= 4 is 42.2 Å². The molecule has 7 N–H and O–H groups in total. The van der Waals surface area contributed by atoms with Crippen molar-refractivity contribution in [1.29, 1.82) is 0 Å². The summed E-state index contributed by atoms with van der Waals surface area (Å²) < 4.78 is 12.2. The Balaban J connectivity index is 1.17. The number of carbonyl (C=O) groups is 1. The van der Waals surface area contributed by atoms with Gasteiger partial charge >= 0.3 is 8.03 Å². The zero-order valence-corrected chi connectivity index (χ0v) is 29.6. The van der Waals surface area contributed by atoms with Crippen LogP contribution in [-0.2, 0) is 22.3 Å². The van der Waals surface area contributed by atoms with Crippen molar-refractivity contribution in [2.45, 2.75) is 24.8 Å². The quantitative estimate of drug-likeness (QED) is 0.0749. The molecule has 2 aliphatic heterocycles. The Morgan fingerprint density at radius 2 is 1.51 bits per heavy atom. The molecule has 51 heavy (non-hydrogen) atoms. The normalized spacial score (nSPS) is 16.2. The maximum atomic E-state index is 12.2. The molecule has 10 nitrogen and oxygen atoms in total. The maximum absolute atomic E-state index is 12.2. The maximum Gasteiger partial charge on any atom is 0.529 e. The second-order valence-corrected chi connectivity index (χ2v) is 15.4. The van der Waals surface area contributed by atoms with Gasteiger partial charge in [0, 0.05) is 17.7 Å². The molecule has 2 heterocycles. The van der Waals surface area contributed by atoms with E-state index in [0.29, 0.717) is 23.1 Å². The summed E-state index contributed by atoms with van der Waals surface area (Å²) in [6.45, 7) is 0.388. The second-order valence-electron chi connectivity index (χ2n) is 12.2.